The van der Waals surface area contributed by atoms with Gasteiger partial charge in [0.15, 0.2) is 5.96 Å². The van der Waals surface area contributed by atoms with Crippen LogP contribution in [-0.4, -0.2) is 91.6 Å². The first-order chi connectivity index (χ1) is 14.2. The van der Waals surface area contributed by atoms with Crippen LogP contribution in [0.4, 0.5) is 0 Å². The zero-order valence-electron chi connectivity index (χ0n) is 17.4. The molecule has 2 unspecified atom stereocenters. The number of hydrogen-bond acceptors (Lipinski definition) is 4. The second-order valence-corrected chi connectivity index (χ2v) is 8.18. The topological polar surface area (TPSA) is 60.4 Å². The number of rotatable bonds is 4. The fourth-order valence-electron chi connectivity index (χ4n) is 4.69. The highest BCUT2D eigenvalue weighted by atomic mass is 16.5. The number of carbonyl (C=O) groups excluding carboxylic acids is 1. The van der Waals surface area contributed by atoms with Gasteiger partial charge in [0.05, 0.1) is 25.3 Å². The van der Waals surface area contributed by atoms with Crippen LogP contribution in [0.2, 0.25) is 0 Å². The van der Waals surface area contributed by atoms with Crippen molar-refractivity contribution in [1.29, 1.82) is 0 Å². The molecule has 4 rings (SSSR count). The van der Waals surface area contributed by atoms with Gasteiger partial charge in [-0.15, -0.1) is 0 Å². The Bertz CT molecular complexity index is 704. The molecule has 158 valence electrons. The van der Waals surface area contributed by atoms with E-state index in [1.807, 2.05) is 4.90 Å². The van der Waals surface area contributed by atoms with Crippen molar-refractivity contribution in [3.05, 3.63) is 35.9 Å². The van der Waals surface area contributed by atoms with E-state index in [4.69, 9.17) is 4.74 Å². The van der Waals surface area contributed by atoms with Gasteiger partial charge in [0.25, 0.3) is 0 Å². The van der Waals surface area contributed by atoms with Crippen molar-refractivity contribution in [3.8, 4) is 0 Å². The quantitative estimate of drug-likeness (QED) is 0.608. The van der Waals surface area contributed by atoms with Gasteiger partial charge in [-0.05, 0) is 24.8 Å². The number of amides is 1. The molecule has 2 atom stereocenters. The van der Waals surface area contributed by atoms with Gasteiger partial charge < -0.3 is 19.9 Å². The first-order valence-electron chi connectivity index (χ1n) is 10.9. The van der Waals surface area contributed by atoms with Crippen molar-refractivity contribution in [2.45, 2.75) is 38.0 Å². The summed E-state index contributed by atoms with van der Waals surface area (Å²) in [7, 11) is 1.79. The first kappa shape index (κ1) is 20.2. The summed E-state index contributed by atoms with van der Waals surface area (Å²) in [5, 5.41) is 3.29. The molecule has 3 aliphatic heterocycles. The van der Waals surface area contributed by atoms with E-state index in [1.54, 1.807) is 7.05 Å². The highest BCUT2D eigenvalue weighted by molar-refractivity contribution is 5.86. The molecule has 0 saturated carbocycles. The number of likely N-dealkylation sites (tertiary alicyclic amines) is 2. The lowest BCUT2D eigenvalue weighted by molar-refractivity contribution is -0.130. The molecule has 3 aliphatic rings. The Labute approximate surface area is 173 Å². The largest absolute Gasteiger partial charge is 0.373 e. The molecule has 1 aromatic carbocycles. The number of benzene rings is 1. The molecule has 7 heteroatoms. The smallest absolute Gasteiger partial charge is 0.241 e. The fourth-order valence-corrected chi connectivity index (χ4v) is 4.69. The summed E-state index contributed by atoms with van der Waals surface area (Å²) in [5.74, 6) is 0.970. The van der Waals surface area contributed by atoms with E-state index in [2.05, 4.69) is 50.4 Å². The number of carbonyl (C=O) groups is 1. The van der Waals surface area contributed by atoms with Crippen LogP contribution < -0.4 is 5.32 Å². The van der Waals surface area contributed by atoms with E-state index in [-0.39, 0.29) is 12.0 Å². The highest BCUT2D eigenvalue weighted by Crippen LogP contribution is 2.24. The van der Waals surface area contributed by atoms with Crippen LogP contribution in [0.5, 0.6) is 0 Å². The molecule has 1 amide bonds. The number of guanidine groups is 1. The lowest BCUT2D eigenvalue weighted by Crippen LogP contribution is -2.50. The third-order valence-electron chi connectivity index (χ3n) is 6.26. The maximum Gasteiger partial charge on any atom is 0.241 e. The van der Waals surface area contributed by atoms with Gasteiger partial charge in [0.2, 0.25) is 5.91 Å². The van der Waals surface area contributed by atoms with Gasteiger partial charge in [-0.2, -0.15) is 0 Å². The van der Waals surface area contributed by atoms with Crippen LogP contribution in [0.3, 0.4) is 0 Å². The normalized spacial score (nSPS) is 25.8. The van der Waals surface area contributed by atoms with E-state index in [1.165, 1.54) is 12.0 Å². The SMILES string of the molecule is CN=C(NCC(=O)N1CCCCC1)N1CC2OCCN(Cc3ccccc3)C2C1. The van der Waals surface area contributed by atoms with Crippen LogP contribution in [0, 0.1) is 0 Å². The van der Waals surface area contributed by atoms with Crippen molar-refractivity contribution in [3.63, 3.8) is 0 Å². The Morgan fingerprint density at radius 1 is 1.10 bits per heavy atom. The summed E-state index contributed by atoms with van der Waals surface area (Å²) in [6.07, 6.45) is 3.65. The third kappa shape index (κ3) is 4.90. The zero-order valence-corrected chi connectivity index (χ0v) is 17.4. The number of hydrogen-bond donors (Lipinski definition) is 1. The molecular formula is C22H33N5O2. The van der Waals surface area contributed by atoms with Gasteiger partial charge in [0, 0.05) is 46.3 Å². The number of nitrogens with one attached hydrogen (secondary N) is 1. The summed E-state index contributed by atoms with van der Waals surface area (Å²) >= 11 is 0. The van der Waals surface area contributed by atoms with Crippen molar-refractivity contribution < 1.29 is 9.53 Å². The van der Waals surface area contributed by atoms with Crippen LogP contribution in [0.1, 0.15) is 24.8 Å². The van der Waals surface area contributed by atoms with Crippen molar-refractivity contribution in [2.75, 3.05) is 52.9 Å². The van der Waals surface area contributed by atoms with Crippen LogP contribution in [0.25, 0.3) is 0 Å². The number of aliphatic imine (C=N–C) groups is 1. The Balaban J connectivity index is 1.33. The van der Waals surface area contributed by atoms with Gasteiger partial charge in [-0.1, -0.05) is 30.3 Å². The molecule has 0 radical (unpaired) electrons. The molecule has 0 aromatic heterocycles. The molecule has 1 N–H and O–H groups in total. The summed E-state index contributed by atoms with van der Waals surface area (Å²) in [5.41, 5.74) is 1.33. The molecule has 3 fully saturated rings. The minimum Gasteiger partial charge on any atom is -0.373 e. The number of piperidine rings is 1. The summed E-state index contributed by atoms with van der Waals surface area (Å²) < 4.78 is 6.07. The highest BCUT2D eigenvalue weighted by Gasteiger charge is 2.41. The number of nitrogens with zero attached hydrogens (tertiary/aromatic N) is 4. The summed E-state index contributed by atoms with van der Waals surface area (Å²) in [6, 6.07) is 11.0. The monoisotopic (exact) mass is 399 g/mol. The minimum absolute atomic E-state index is 0.171. The minimum atomic E-state index is 0.171. The average Bonchev–Trinajstić information content (AvgIpc) is 3.20. The van der Waals surface area contributed by atoms with Gasteiger partial charge in [-0.3, -0.25) is 14.7 Å². The maximum absolute atomic E-state index is 12.5. The molecule has 1 aromatic rings. The van der Waals surface area contributed by atoms with E-state index in [0.717, 1.165) is 64.7 Å². The fraction of sp³-hybridized carbons (Fsp3) is 0.636. The molecule has 0 spiro atoms. The Morgan fingerprint density at radius 3 is 2.66 bits per heavy atom. The van der Waals surface area contributed by atoms with E-state index < -0.39 is 0 Å². The molecule has 3 saturated heterocycles. The van der Waals surface area contributed by atoms with Gasteiger partial charge in [-0.25, -0.2) is 0 Å². The van der Waals surface area contributed by atoms with Gasteiger partial charge in [0.1, 0.15) is 0 Å². The lowest BCUT2D eigenvalue weighted by Gasteiger charge is -2.36. The van der Waals surface area contributed by atoms with E-state index in [0.29, 0.717) is 12.6 Å². The van der Waals surface area contributed by atoms with Gasteiger partial charge >= 0.3 is 0 Å². The summed E-state index contributed by atoms with van der Waals surface area (Å²) in [4.78, 5) is 23.7. The van der Waals surface area contributed by atoms with Crippen LogP contribution in [-0.2, 0) is 16.1 Å². The second kappa shape index (κ2) is 9.59. The maximum atomic E-state index is 12.5. The van der Waals surface area contributed by atoms with E-state index in [9.17, 15) is 4.79 Å². The summed E-state index contributed by atoms with van der Waals surface area (Å²) in [6.45, 7) is 6.42. The number of ether oxygens (including phenoxy) is 1. The standard InChI is InChI=1S/C22H33N5O2/c1-23-22(24-14-21(28)25-10-6-3-7-11-25)27-16-19-20(17-27)29-13-12-26(19)15-18-8-4-2-5-9-18/h2,4-5,8-9,19-20H,3,6-7,10-17H2,1H3,(H,23,24). The van der Waals surface area contributed by atoms with Crippen LogP contribution >= 0.6 is 0 Å². The average molecular weight is 400 g/mol. The predicted octanol–water partition coefficient (Wildman–Crippen LogP) is 1.16. The first-order valence-corrected chi connectivity index (χ1v) is 10.9. The number of fused-ring (bicyclic) bond motifs is 1. The van der Waals surface area contributed by atoms with Crippen molar-refractivity contribution >= 4 is 11.9 Å². The zero-order chi connectivity index (χ0) is 20.1. The van der Waals surface area contributed by atoms with Crippen molar-refractivity contribution in [1.82, 2.24) is 20.0 Å². The Morgan fingerprint density at radius 2 is 1.90 bits per heavy atom. The van der Waals surface area contributed by atoms with Crippen molar-refractivity contribution in [2.24, 2.45) is 4.99 Å². The third-order valence-corrected chi connectivity index (χ3v) is 6.26. The lowest BCUT2D eigenvalue weighted by atomic mass is 10.1. The molecule has 3 heterocycles. The molecular weight excluding hydrogens is 366 g/mol. The predicted molar refractivity (Wildman–Crippen MR) is 114 cm³/mol. The Hall–Kier alpha value is -2.12. The van der Waals surface area contributed by atoms with E-state index >= 15 is 0 Å². The molecule has 0 bridgehead atoms. The molecule has 0 aliphatic carbocycles. The van der Waals surface area contributed by atoms with Crippen LogP contribution in [0.15, 0.2) is 35.3 Å². The Kier molecular flexibility index (Phi) is 6.67. The molecule has 29 heavy (non-hydrogen) atoms. The molecule has 7 nitrogen and oxygen atoms in total. The number of morpholine rings is 1. The second-order valence-electron chi connectivity index (χ2n) is 8.18.